The third-order valence-corrected chi connectivity index (χ3v) is 2.72. The molecular formula is C11H15ClFN3O. The van der Waals surface area contributed by atoms with Gasteiger partial charge in [-0.25, -0.2) is 4.39 Å². The van der Waals surface area contributed by atoms with Crippen LogP contribution in [-0.2, 0) is 4.79 Å². The molecule has 0 spiro atoms. The van der Waals surface area contributed by atoms with E-state index in [1.807, 2.05) is 0 Å². The Morgan fingerprint density at radius 1 is 1.59 bits per heavy atom. The number of anilines is 2. The third-order valence-electron chi connectivity index (χ3n) is 2.43. The molecule has 0 atom stereocenters. The van der Waals surface area contributed by atoms with Crippen LogP contribution in [-0.4, -0.2) is 26.5 Å². The van der Waals surface area contributed by atoms with Crippen molar-refractivity contribution < 1.29 is 9.18 Å². The van der Waals surface area contributed by atoms with E-state index in [0.29, 0.717) is 24.3 Å². The van der Waals surface area contributed by atoms with Crippen LogP contribution in [0, 0.1) is 5.82 Å². The van der Waals surface area contributed by atoms with Gasteiger partial charge in [0, 0.05) is 33.1 Å². The highest BCUT2D eigenvalue weighted by Gasteiger charge is 2.11. The number of hydrogen-bond donors (Lipinski definition) is 2. The Balaban J connectivity index is 2.78. The minimum Gasteiger partial charge on any atom is -0.397 e. The van der Waals surface area contributed by atoms with Crippen LogP contribution in [0.1, 0.15) is 6.42 Å². The van der Waals surface area contributed by atoms with Gasteiger partial charge in [0.2, 0.25) is 5.91 Å². The van der Waals surface area contributed by atoms with E-state index in [1.54, 1.807) is 19.0 Å². The largest absolute Gasteiger partial charge is 0.397 e. The Labute approximate surface area is 105 Å². The molecule has 3 N–H and O–H groups in total. The first-order valence-corrected chi connectivity index (χ1v) is 5.49. The lowest BCUT2D eigenvalue weighted by Crippen LogP contribution is -2.26. The SMILES string of the molecule is CNC(=O)CCN(C)c1cc(F)c(Cl)cc1N. The molecule has 1 amide bonds. The average molecular weight is 260 g/mol. The molecule has 6 heteroatoms. The molecule has 0 saturated carbocycles. The molecule has 0 saturated heterocycles. The predicted octanol–water partition coefficient (Wildman–Crippen LogP) is 1.63. The number of hydrogen-bond acceptors (Lipinski definition) is 3. The third kappa shape index (κ3) is 3.49. The Kier molecular flexibility index (Phi) is 4.57. The first-order chi connectivity index (χ1) is 7.95. The summed E-state index contributed by atoms with van der Waals surface area (Å²) in [6.07, 6.45) is 0.316. The topological polar surface area (TPSA) is 58.4 Å². The Bertz CT molecular complexity index is 425. The van der Waals surface area contributed by atoms with Crippen LogP contribution in [0.25, 0.3) is 0 Å². The summed E-state index contributed by atoms with van der Waals surface area (Å²) in [4.78, 5) is 12.8. The van der Waals surface area contributed by atoms with Gasteiger partial charge in [-0.3, -0.25) is 4.79 Å². The van der Waals surface area contributed by atoms with Gasteiger partial charge in [0.15, 0.2) is 0 Å². The molecule has 0 heterocycles. The Morgan fingerprint density at radius 3 is 2.82 bits per heavy atom. The maximum absolute atomic E-state index is 13.3. The fourth-order valence-corrected chi connectivity index (χ4v) is 1.57. The average Bonchev–Trinajstić information content (AvgIpc) is 2.30. The molecule has 1 rings (SSSR count). The molecule has 4 nitrogen and oxygen atoms in total. The second-order valence-electron chi connectivity index (χ2n) is 3.67. The highest BCUT2D eigenvalue weighted by Crippen LogP contribution is 2.28. The minimum atomic E-state index is -0.525. The van der Waals surface area contributed by atoms with Crippen molar-refractivity contribution in [1.82, 2.24) is 5.32 Å². The molecule has 0 aliphatic carbocycles. The van der Waals surface area contributed by atoms with E-state index < -0.39 is 5.82 Å². The molecule has 0 radical (unpaired) electrons. The highest BCUT2D eigenvalue weighted by atomic mass is 35.5. The second kappa shape index (κ2) is 5.72. The summed E-state index contributed by atoms with van der Waals surface area (Å²) in [5.74, 6) is -0.604. The summed E-state index contributed by atoms with van der Waals surface area (Å²) in [6.45, 7) is 0.449. The van der Waals surface area contributed by atoms with Gasteiger partial charge in [0.25, 0.3) is 0 Å². The van der Waals surface area contributed by atoms with Gasteiger partial charge in [-0.1, -0.05) is 11.6 Å². The van der Waals surface area contributed by atoms with Crippen LogP contribution in [0.15, 0.2) is 12.1 Å². The van der Waals surface area contributed by atoms with Gasteiger partial charge in [0.1, 0.15) is 5.82 Å². The zero-order valence-corrected chi connectivity index (χ0v) is 10.5. The molecule has 0 bridgehead atoms. The van der Waals surface area contributed by atoms with E-state index in [4.69, 9.17) is 17.3 Å². The zero-order chi connectivity index (χ0) is 13.0. The lowest BCUT2D eigenvalue weighted by Gasteiger charge is -2.21. The first kappa shape index (κ1) is 13.6. The fourth-order valence-electron chi connectivity index (χ4n) is 1.40. The quantitative estimate of drug-likeness (QED) is 0.808. The van der Waals surface area contributed by atoms with Crippen molar-refractivity contribution in [2.45, 2.75) is 6.42 Å². The lowest BCUT2D eigenvalue weighted by atomic mass is 10.2. The van der Waals surface area contributed by atoms with Gasteiger partial charge in [0.05, 0.1) is 16.4 Å². The Hall–Kier alpha value is -1.49. The highest BCUT2D eigenvalue weighted by molar-refractivity contribution is 6.31. The number of nitrogen functional groups attached to an aromatic ring is 1. The van der Waals surface area contributed by atoms with E-state index in [-0.39, 0.29) is 10.9 Å². The molecule has 94 valence electrons. The van der Waals surface area contributed by atoms with Crippen LogP contribution in [0.3, 0.4) is 0 Å². The summed E-state index contributed by atoms with van der Waals surface area (Å²) < 4.78 is 13.3. The number of carbonyl (C=O) groups is 1. The zero-order valence-electron chi connectivity index (χ0n) is 9.76. The number of halogens is 2. The minimum absolute atomic E-state index is 0.00838. The molecule has 1 aromatic carbocycles. The number of nitrogens with zero attached hydrogens (tertiary/aromatic N) is 1. The summed E-state index contributed by atoms with van der Waals surface area (Å²) in [5.41, 5.74) is 6.65. The molecule has 0 aliphatic rings. The smallest absolute Gasteiger partial charge is 0.221 e. The molecular weight excluding hydrogens is 245 g/mol. The molecule has 17 heavy (non-hydrogen) atoms. The number of nitrogens with two attached hydrogens (primary N) is 1. The van der Waals surface area contributed by atoms with Crippen molar-refractivity contribution in [3.8, 4) is 0 Å². The van der Waals surface area contributed by atoms with E-state index in [1.165, 1.54) is 12.1 Å². The van der Waals surface area contributed by atoms with Gasteiger partial charge in [-0.05, 0) is 6.07 Å². The number of carbonyl (C=O) groups excluding carboxylic acids is 1. The van der Waals surface area contributed by atoms with Crippen molar-refractivity contribution >= 4 is 28.9 Å². The number of rotatable bonds is 4. The van der Waals surface area contributed by atoms with Crippen molar-refractivity contribution in [1.29, 1.82) is 0 Å². The van der Waals surface area contributed by atoms with Crippen LogP contribution >= 0.6 is 11.6 Å². The predicted molar refractivity (Wildman–Crippen MR) is 67.8 cm³/mol. The second-order valence-corrected chi connectivity index (χ2v) is 4.08. The Morgan fingerprint density at radius 2 is 2.24 bits per heavy atom. The maximum Gasteiger partial charge on any atom is 0.221 e. The summed E-state index contributed by atoms with van der Waals surface area (Å²) in [6, 6.07) is 2.63. The number of nitrogens with one attached hydrogen (secondary N) is 1. The first-order valence-electron chi connectivity index (χ1n) is 5.12. The number of benzene rings is 1. The summed E-state index contributed by atoms with van der Waals surface area (Å²) >= 11 is 5.60. The van der Waals surface area contributed by atoms with Crippen LogP contribution in [0.4, 0.5) is 15.8 Å². The molecule has 0 fully saturated rings. The van der Waals surface area contributed by atoms with E-state index in [9.17, 15) is 9.18 Å². The van der Waals surface area contributed by atoms with Gasteiger partial charge in [-0.15, -0.1) is 0 Å². The van der Waals surface area contributed by atoms with Crippen LogP contribution in [0.5, 0.6) is 0 Å². The van der Waals surface area contributed by atoms with Crippen molar-refractivity contribution in [2.24, 2.45) is 0 Å². The molecule has 0 aromatic heterocycles. The summed E-state index contributed by atoms with van der Waals surface area (Å²) in [7, 11) is 3.31. The van der Waals surface area contributed by atoms with E-state index in [0.717, 1.165) is 0 Å². The standard InChI is InChI=1S/C11H15ClFN3O/c1-15-11(17)3-4-16(2)10-6-8(13)7(12)5-9(10)14/h5-6H,3-4,14H2,1-2H3,(H,15,17). The molecule has 0 aliphatic heterocycles. The van der Waals surface area contributed by atoms with Gasteiger partial charge in [-0.2, -0.15) is 0 Å². The van der Waals surface area contributed by atoms with E-state index >= 15 is 0 Å². The lowest BCUT2D eigenvalue weighted by molar-refractivity contribution is -0.120. The van der Waals surface area contributed by atoms with Crippen LogP contribution in [0.2, 0.25) is 5.02 Å². The molecule has 0 unspecified atom stereocenters. The van der Waals surface area contributed by atoms with Crippen LogP contribution < -0.4 is 16.0 Å². The van der Waals surface area contributed by atoms with E-state index in [2.05, 4.69) is 5.32 Å². The van der Waals surface area contributed by atoms with Crippen molar-refractivity contribution in [3.63, 3.8) is 0 Å². The summed E-state index contributed by atoms with van der Waals surface area (Å²) in [5, 5.41) is 2.51. The monoisotopic (exact) mass is 259 g/mol. The van der Waals surface area contributed by atoms with Gasteiger partial charge < -0.3 is 16.0 Å². The van der Waals surface area contributed by atoms with Crippen molar-refractivity contribution in [3.05, 3.63) is 23.0 Å². The molecule has 1 aromatic rings. The maximum atomic E-state index is 13.3. The van der Waals surface area contributed by atoms with Gasteiger partial charge >= 0.3 is 0 Å². The number of amides is 1. The van der Waals surface area contributed by atoms with Crippen molar-refractivity contribution in [2.75, 3.05) is 31.3 Å². The fraction of sp³-hybridized carbons (Fsp3) is 0.364. The normalized spacial score (nSPS) is 10.1.